The lowest BCUT2D eigenvalue weighted by atomic mass is 10.0. The number of likely N-dealkylation sites (N-methyl/N-ethyl adjacent to an activating group) is 2. The summed E-state index contributed by atoms with van der Waals surface area (Å²) in [5.74, 6) is -0.588. The number of rotatable bonds is 14. The molecule has 0 saturated carbocycles. The van der Waals surface area contributed by atoms with E-state index in [1.165, 1.54) is 0 Å². The Bertz CT molecular complexity index is 776. The van der Waals surface area contributed by atoms with Crippen LogP contribution in [0.15, 0.2) is 48.5 Å². The molecule has 6 nitrogen and oxygen atoms in total. The molecule has 34 heavy (non-hydrogen) atoms. The highest BCUT2D eigenvalue weighted by Crippen LogP contribution is 2.13. The van der Waals surface area contributed by atoms with Crippen LogP contribution in [-0.2, 0) is 15.9 Å². The Morgan fingerprint density at radius 2 is 0.941 bits per heavy atom. The van der Waals surface area contributed by atoms with E-state index < -0.39 is 0 Å². The maximum atomic E-state index is 12.2. The van der Waals surface area contributed by atoms with E-state index in [1.54, 1.807) is 24.3 Å². The van der Waals surface area contributed by atoms with Crippen molar-refractivity contribution in [1.29, 1.82) is 0 Å². The summed E-state index contributed by atoms with van der Waals surface area (Å²) in [6.07, 6.45) is 0.717. The number of nitrogens with zero attached hydrogens (tertiary/aromatic N) is 2. The largest absolute Gasteiger partial charge is 0.461 e. The summed E-state index contributed by atoms with van der Waals surface area (Å²) >= 11 is 0. The van der Waals surface area contributed by atoms with Crippen molar-refractivity contribution in [1.82, 2.24) is 9.80 Å². The van der Waals surface area contributed by atoms with Crippen LogP contribution in [0.25, 0.3) is 0 Å². The number of halogens is 1. The first-order valence-electron chi connectivity index (χ1n) is 12.0. The smallest absolute Gasteiger partial charge is 0.338 e. The van der Waals surface area contributed by atoms with Crippen molar-refractivity contribution >= 4 is 24.3 Å². The highest BCUT2D eigenvalue weighted by Gasteiger charge is 2.10. The quantitative estimate of drug-likeness (QED) is 0.358. The molecule has 0 aliphatic rings. The lowest BCUT2D eigenvalue weighted by Gasteiger charge is -2.17. The molecule has 0 aromatic heterocycles. The monoisotopic (exact) mass is 490 g/mol. The molecule has 0 heterocycles. The minimum atomic E-state index is -0.294. The average Bonchev–Trinajstić information content (AvgIpc) is 2.85. The molecule has 0 fully saturated rings. The molecular weight excluding hydrogens is 452 g/mol. The standard InChI is InChI=1S/C27H38N2O4.ClH/c1-5-28(6-2)17-19-32-26(30)24-13-9-22(10-14-24)21-23-11-15-25(16-12-23)27(31)33-20-18-29(7-3)8-4;/h9-16H,5-8,17-21H2,1-4H3;1H. The molecular formula is C27H39ClN2O4. The molecule has 2 rings (SSSR count). The lowest BCUT2D eigenvalue weighted by molar-refractivity contribution is 0.0457. The Morgan fingerprint density at radius 3 is 1.24 bits per heavy atom. The van der Waals surface area contributed by atoms with Crippen LogP contribution >= 0.6 is 12.4 Å². The molecule has 7 heteroatoms. The van der Waals surface area contributed by atoms with Gasteiger partial charge in [-0.05, 0) is 68.0 Å². The number of carbonyl (C=O) groups is 2. The van der Waals surface area contributed by atoms with Crippen LogP contribution in [0.2, 0.25) is 0 Å². The van der Waals surface area contributed by atoms with Gasteiger partial charge in [0.25, 0.3) is 0 Å². The van der Waals surface area contributed by atoms with E-state index in [9.17, 15) is 9.59 Å². The molecule has 0 N–H and O–H groups in total. The summed E-state index contributed by atoms with van der Waals surface area (Å²) in [6, 6.07) is 15.0. The second-order valence-electron chi connectivity index (χ2n) is 7.90. The number of carbonyl (C=O) groups excluding carboxylic acids is 2. The summed E-state index contributed by atoms with van der Waals surface area (Å²) in [4.78, 5) is 28.9. The fourth-order valence-electron chi connectivity index (χ4n) is 3.53. The van der Waals surface area contributed by atoms with E-state index in [0.717, 1.165) is 50.4 Å². The van der Waals surface area contributed by atoms with E-state index in [0.29, 0.717) is 30.8 Å². The number of hydrogen-bond acceptors (Lipinski definition) is 6. The number of benzene rings is 2. The van der Waals surface area contributed by atoms with Crippen molar-refractivity contribution in [2.75, 3.05) is 52.5 Å². The second kappa shape index (κ2) is 16.3. The van der Waals surface area contributed by atoms with Crippen molar-refractivity contribution in [3.8, 4) is 0 Å². The minimum absolute atomic E-state index is 0. The predicted octanol–water partition coefficient (Wildman–Crippen LogP) is 4.70. The van der Waals surface area contributed by atoms with E-state index in [-0.39, 0.29) is 24.3 Å². The summed E-state index contributed by atoms with van der Waals surface area (Å²) in [5.41, 5.74) is 3.29. The van der Waals surface area contributed by atoms with Crippen LogP contribution in [-0.4, -0.2) is 74.2 Å². The van der Waals surface area contributed by atoms with Gasteiger partial charge in [0.15, 0.2) is 0 Å². The van der Waals surface area contributed by atoms with Crippen molar-refractivity contribution in [3.63, 3.8) is 0 Å². The molecule has 0 aliphatic heterocycles. The van der Waals surface area contributed by atoms with Gasteiger partial charge in [-0.1, -0.05) is 52.0 Å². The zero-order valence-corrected chi connectivity index (χ0v) is 21.7. The third kappa shape index (κ3) is 9.84. The number of ether oxygens (including phenoxy) is 2. The predicted molar refractivity (Wildman–Crippen MR) is 139 cm³/mol. The first-order chi connectivity index (χ1) is 16.0. The van der Waals surface area contributed by atoms with Crippen LogP contribution in [0, 0.1) is 0 Å². The van der Waals surface area contributed by atoms with Gasteiger partial charge in [-0.3, -0.25) is 0 Å². The molecule has 0 atom stereocenters. The van der Waals surface area contributed by atoms with Crippen LogP contribution in [0.1, 0.15) is 59.5 Å². The van der Waals surface area contributed by atoms with Gasteiger partial charge in [-0.25, -0.2) is 9.59 Å². The van der Waals surface area contributed by atoms with Crippen molar-refractivity contribution in [2.45, 2.75) is 34.1 Å². The third-order valence-corrected chi connectivity index (χ3v) is 5.86. The SMILES string of the molecule is CCN(CC)CCOC(=O)c1ccc(Cc2ccc(C(=O)OCCN(CC)CC)cc2)cc1.Cl. The highest BCUT2D eigenvalue weighted by atomic mass is 35.5. The van der Waals surface area contributed by atoms with Gasteiger partial charge in [0.1, 0.15) is 13.2 Å². The molecule has 2 aromatic carbocycles. The van der Waals surface area contributed by atoms with Crippen LogP contribution in [0.4, 0.5) is 0 Å². The molecule has 188 valence electrons. The van der Waals surface area contributed by atoms with Crippen molar-refractivity contribution < 1.29 is 19.1 Å². The molecule has 2 aromatic rings. The molecule has 0 spiro atoms. The second-order valence-corrected chi connectivity index (χ2v) is 7.90. The van der Waals surface area contributed by atoms with E-state index in [1.807, 2.05) is 24.3 Å². The average molecular weight is 491 g/mol. The highest BCUT2D eigenvalue weighted by molar-refractivity contribution is 5.90. The molecule has 0 unspecified atom stereocenters. The van der Waals surface area contributed by atoms with Gasteiger partial charge in [-0.2, -0.15) is 0 Å². The summed E-state index contributed by atoms with van der Waals surface area (Å²) in [5, 5.41) is 0. The first kappa shape index (κ1) is 29.6. The Hall–Kier alpha value is -2.41. The normalized spacial score (nSPS) is 10.8. The van der Waals surface area contributed by atoms with Crippen LogP contribution < -0.4 is 0 Å². The lowest BCUT2D eigenvalue weighted by Crippen LogP contribution is -2.27. The van der Waals surface area contributed by atoms with Crippen LogP contribution in [0.3, 0.4) is 0 Å². The fraction of sp³-hybridized carbons (Fsp3) is 0.481. The topological polar surface area (TPSA) is 59.1 Å². The van der Waals surface area contributed by atoms with Gasteiger partial charge < -0.3 is 19.3 Å². The maximum Gasteiger partial charge on any atom is 0.338 e. The summed E-state index contributed by atoms with van der Waals surface area (Å²) in [6.45, 7) is 14.4. The molecule has 0 amide bonds. The Balaban J connectivity index is 0.00000578. The molecule has 0 bridgehead atoms. The van der Waals surface area contributed by atoms with Gasteiger partial charge >= 0.3 is 11.9 Å². The Kier molecular flexibility index (Phi) is 14.2. The zero-order valence-electron chi connectivity index (χ0n) is 20.9. The van der Waals surface area contributed by atoms with Crippen molar-refractivity contribution in [2.24, 2.45) is 0 Å². The van der Waals surface area contributed by atoms with Crippen molar-refractivity contribution in [3.05, 3.63) is 70.8 Å². The van der Waals surface area contributed by atoms with E-state index in [4.69, 9.17) is 9.47 Å². The van der Waals surface area contributed by atoms with E-state index >= 15 is 0 Å². The Labute approximate surface area is 210 Å². The molecule has 0 radical (unpaired) electrons. The first-order valence-corrected chi connectivity index (χ1v) is 12.0. The molecule has 0 aliphatic carbocycles. The molecule has 0 saturated heterocycles. The number of hydrogen-bond donors (Lipinski definition) is 0. The summed E-state index contributed by atoms with van der Waals surface area (Å²) < 4.78 is 10.8. The van der Waals surface area contributed by atoms with Gasteiger partial charge in [0, 0.05) is 13.1 Å². The third-order valence-electron chi connectivity index (χ3n) is 5.86. The number of esters is 2. The minimum Gasteiger partial charge on any atom is -0.461 e. The van der Waals surface area contributed by atoms with Gasteiger partial charge in [0.05, 0.1) is 11.1 Å². The van der Waals surface area contributed by atoms with Gasteiger partial charge in [0.2, 0.25) is 0 Å². The van der Waals surface area contributed by atoms with E-state index in [2.05, 4.69) is 37.5 Å². The summed E-state index contributed by atoms with van der Waals surface area (Å²) in [7, 11) is 0. The van der Waals surface area contributed by atoms with Gasteiger partial charge in [-0.15, -0.1) is 12.4 Å². The maximum absolute atomic E-state index is 12.2. The zero-order chi connectivity index (χ0) is 24.1. The Morgan fingerprint density at radius 1 is 0.618 bits per heavy atom. The fourth-order valence-corrected chi connectivity index (χ4v) is 3.53. The van der Waals surface area contributed by atoms with Crippen LogP contribution in [0.5, 0.6) is 0 Å².